The van der Waals surface area contributed by atoms with E-state index >= 15 is 0 Å². The molecule has 0 aromatic heterocycles. The van der Waals surface area contributed by atoms with Crippen LogP contribution < -0.4 is 0 Å². The number of allylic oxidation sites excluding steroid dienone is 2. The number of aliphatic imine (C=N–C) groups is 1. The maximum atomic E-state index is 8.25. The molecule has 0 aromatic carbocycles. The fraction of sp³-hybridized carbons (Fsp3) is 0.333. The average Bonchev–Trinajstić information content (AvgIpc) is 1.83. The van der Waals surface area contributed by atoms with Gasteiger partial charge in [0.2, 0.25) is 0 Å². The van der Waals surface area contributed by atoms with Gasteiger partial charge in [0.15, 0.2) is 0 Å². The summed E-state index contributed by atoms with van der Waals surface area (Å²) >= 11 is 0. The number of hydrogen-bond donors (Lipinski definition) is 0. The predicted octanol–water partition coefficient (Wildman–Crippen LogP) is 1.16. The standard InChI is InChI=1S/C6H8N2/c1-3-6(4-7)5-8-2/h3,5H,1-2H3/b6-3-,8-5-. The quantitative estimate of drug-likeness (QED) is 0.366. The van der Waals surface area contributed by atoms with E-state index in [1.54, 1.807) is 20.0 Å². The van der Waals surface area contributed by atoms with Crippen molar-refractivity contribution in [2.45, 2.75) is 6.92 Å². The summed E-state index contributed by atoms with van der Waals surface area (Å²) in [5.41, 5.74) is 0.604. The van der Waals surface area contributed by atoms with Crippen LogP contribution in [0.2, 0.25) is 0 Å². The van der Waals surface area contributed by atoms with Crippen LogP contribution in [0, 0.1) is 11.3 Å². The topological polar surface area (TPSA) is 36.1 Å². The molecule has 0 spiro atoms. The smallest absolute Gasteiger partial charge is 0.100 e. The maximum absolute atomic E-state index is 8.25. The highest BCUT2D eigenvalue weighted by Crippen LogP contribution is 1.83. The summed E-state index contributed by atoms with van der Waals surface area (Å²) in [7, 11) is 1.64. The van der Waals surface area contributed by atoms with Gasteiger partial charge in [-0.15, -0.1) is 0 Å². The lowest BCUT2D eigenvalue weighted by atomic mass is 10.3. The van der Waals surface area contributed by atoms with Gasteiger partial charge in [0.05, 0.1) is 5.57 Å². The highest BCUT2D eigenvalue weighted by molar-refractivity contribution is 5.83. The third-order valence-corrected chi connectivity index (χ3v) is 0.708. The van der Waals surface area contributed by atoms with Crippen LogP contribution >= 0.6 is 0 Å². The van der Waals surface area contributed by atoms with Crippen molar-refractivity contribution in [3.05, 3.63) is 11.6 Å². The first-order chi connectivity index (χ1) is 3.85. The number of nitrogens with zero attached hydrogens (tertiary/aromatic N) is 2. The molecule has 0 unspecified atom stereocenters. The van der Waals surface area contributed by atoms with Crippen LogP contribution in [-0.4, -0.2) is 13.3 Å². The molecule has 0 aliphatic carbocycles. The Morgan fingerprint density at radius 3 is 2.50 bits per heavy atom. The number of hydrogen-bond acceptors (Lipinski definition) is 2. The molecule has 8 heavy (non-hydrogen) atoms. The molecule has 0 amide bonds. The van der Waals surface area contributed by atoms with E-state index in [0.717, 1.165) is 0 Å². The van der Waals surface area contributed by atoms with Crippen molar-refractivity contribution >= 4 is 6.21 Å². The average molecular weight is 108 g/mol. The molecule has 0 rings (SSSR count). The second kappa shape index (κ2) is 4.07. The van der Waals surface area contributed by atoms with Gasteiger partial charge in [0, 0.05) is 13.3 Å². The van der Waals surface area contributed by atoms with Gasteiger partial charge >= 0.3 is 0 Å². The molecule has 0 aromatic rings. The van der Waals surface area contributed by atoms with Crippen LogP contribution in [-0.2, 0) is 0 Å². The van der Waals surface area contributed by atoms with Crippen LogP contribution in [0.1, 0.15) is 6.92 Å². The van der Waals surface area contributed by atoms with E-state index in [2.05, 4.69) is 4.99 Å². The van der Waals surface area contributed by atoms with E-state index in [1.807, 2.05) is 6.07 Å². The van der Waals surface area contributed by atoms with Gasteiger partial charge in [-0.2, -0.15) is 5.26 Å². The summed E-state index contributed by atoms with van der Waals surface area (Å²) in [6, 6.07) is 1.96. The monoisotopic (exact) mass is 108 g/mol. The Labute approximate surface area is 49.2 Å². The van der Waals surface area contributed by atoms with E-state index in [-0.39, 0.29) is 0 Å². The first-order valence-corrected chi connectivity index (χ1v) is 2.33. The summed E-state index contributed by atoms with van der Waals surface area (Å²) in [6.07, 6.45) is 3.24. The zero-order chi connectivity index (χ0) is 6.41. The number of rotatable bonds is 1. The molecule has 0 fully saturated rings. The van der Waals surface area contributed by atoms with Gasteiger partial charge in [0.25, 0.3) is 0 Å². The molecule has 42 valence electrons. The van der Waals surface area contributed by atoms with E-state index in [1.165, 1.54) is 6.21 Å². The zero-order valence-electron chi connectivity index (χ0n) is 5.05. The van der Waals surface area contributed by atoms with Crippen LogP contribution in [0.5, 0.6) is 0 Å². The van der Waals surface area contributed by atoms with E-state index in [9.17, 15) is 0 Å². The molecule has 0 radical (unpaired) electrons. The Morgan fingerprint density at radius 1 is 1.75 bits per heavy atom. The molecule has 0 saturated carbocycles. The van der Waals surface area contributed by atoms with Crippen molar-refractivity contribution in [3.63, 3.8) is 0 Å². The van der Waals surface area contributed by atoms with Gasteiger partial charge in [0.1, 0.15) is 6.07 Å². The maximum Gasteiger partial charge on any atom is 0.100 e. The first-order valence-electron chi connectivity index (χ1n) is 2.33. The third-order valence-electron chi connectivity index (χ3n) is 0.708. The molecular weight excluding hydrogens is 100 g/mol. The highest BCUT2D eigenvalue weighted by Gasteiger charge is 1.80. The normalized spacial score (nSPS) is 11.9. The van der Waals surface area contributed by atoms with E-state index < -0.39 is 0 Å². The number of nitriles is 1. The Morgan fingerprint density at radius 2 is 2.38 bits per heavy atom. The van der Waals surface area contributed by atoms with E-state index in [4.69, 9.17) is 5.26 Å². The molecular formula is C6H8N2. The minimum atomic E-state index is 0.604. The van der Waals surface area contributed by atoms with Gasteiger partial charge in [-0.05, 0) is 6.92 Å². The highest BCUT2D eigenvalue weighted by atomic mass is 14.6. The largest absolute Gasteiger partial charge is 0.295 e. The molecule has 0 atom stereocenters. The summed E-state index contributed by atoms with van der Waals surface area (Å²) in [5, 5.41) is 8.25. The Hall–Kier alpha value is -1.10. The summed E-state index contributed by atoms with van der Waals surface area (Å²) in [6.45, 7) is 1.81. The van der Waals surface area contributed by atoms with Crippen molar-refractivity contribution in [3.8, 4) is 6.07 Å². The molecule has 2 nitrogen and oxygen atoms in total. The predicted molar refractivity (Wildman–Crippen MR) is 33.8 cm³/mol. The molecule has 0 N–H and O–H groups in total. The van der Waals surface area contributed by atoms with Gasteiger partial charge < -0.3 is 0 Å². The minimum Gasteiger partial charge on any atom is -0.295 e. The molecule has 0 saturated heterocycles. The second-order valence-corrected chi connectivity index (χ2v) is 1.24. The lowest BCUT2D eigenvalue weighted by molar-refractivity contribution is 1.45. The summed E-state index contributed by atoms with van der Waals surface area (Å²) in [4.78, 5) is 3.66. The molecule has 0 bridgehead atoms. The second-order valence-electron chi connectivity index (χ2n) is 1.24. The summed E-state index contributed by atoms with van der Waals surface area (Å²) in [5.74, 6) is 0. The third kappa shape index (κ3) is 2.14. The van der Waals surface area contributed by atoms with Crippen molar-refractivity contribution in [1.82, 2.24) is 0 Å². The van der Waals surface area contributed by atoms with Gasteiger partial charge in [-0.1, -0.05) is 6.08 Å². The van der Waals surface area contributed by atoms with Crippen molar-refractivity contribution < 1.29 is 0 Å². The molecule has 0 aliphatic heterocycles. The lowest BCUT2D eigenvalue weighted by Crippen LogP contribution is -1.76. The lowest BCUT2D eigenvalue weighted by Gasteiger charge is -1.77. The van der Waals surface area contributed by atoms with Crippen molar-refractivity contribution in [2.24, 2.45) is 4.99 Å². The van der Waals surface area contributed by atoms with Crippen LogP contribution in [0.15, 0.2) is 16.6 Å². The summed E-state index contributed by atoms with van der Waals surface area (Å²) < 4.78 is 0. The van der Waals surface area contributed by atoms with Gasteiger partial charge in [-0.25, -0.2) is 0 Å². The SMILES string of the molecule is C/C=C(C#N)\C=N/C. The Balaban J connectivity index is 3.98. The van der Waals surface area contributed by atoms with Crippen molar-refractivity contribution in [1.29, 1.82) is 5.26 Å². The minimum absolute atomic E-state index is 0.604. The van der Waals surface area contributed by atoms with Crippen LogP contribution in [0.3, 0.4) is 0 Å². The molecule has 2 heteroatoms. The van der Waals surface area contributed by atoms with Crippen molar-refractivity contribution in [2.75, 3.05) is 7.05 Å². The molecule has 0 aliphatic rings. The fourth-order valence-electron chi connectivity index (χ4n) is 0.307. The Kier molecular flexibility index (Phi) is 3.51. The van der Waals surface area contributed by atoms with Crippen LogP contribution in [0.25, 0.3) is 0 Å². The Bertz CT molecular complexity index is 148. The fourth-order valence-corrected chi connectivity index (χ4v) is 0.307. The van der Waals surface area contributed by atoms with Gasteiger partial charge in [-0.3, -0.25) is 4.99 Å². The van der Waals surface area contributed by atoms with Crippen LogP contribution in [0.4, 0.5) is 0 Å². The van der Waals surface area contributed by atoms with E-state index in [0.29, 0.717) is 5.57 Å². The first kappa shape index (κ1) is 6.90. The zero-order valence-corrected chi connectivity index (χ0v) is 5.05. The molecule has 0 heterocycles.